The summed E-state index contributed by atoms with van der Waals surface area (Å²) in [5.41, 5.74) is 5.95. The molecule has 0 aromatic heterocycles. The maximum atomic E-state index is 11.0. The average molecular weight is 265 g/mol. The number of hydrogen-bond donors (Lipinski definition) is 2. The van der Waals surface area contributed by atoms with Crippen molar-refractivity contribution in [3.63, 3.8) is 0 Å². The van der Waals surface area contributed by atoms with Gasteiger partial charge in [0.15, 0.2) is 0 Å². The lowest BCUT2D eigenvalue weighted by atomic mass is 10.1. The Balaban J connectivity index is 2.52. The van der Waals surface area contributed by atoms with Gasteiger partial charge >= 0.3 is 5.97 Å². The fourth-order valence-corrected chi connectivity index (χ4v) is 1.94. The summed E-state index contributed by atoms with van der Waals surface area (Å²) in [5, 5.41) is 8.99. The lowest BCUT2D eigenvalue weighted by Gasteiger charge is -2.15. The molecule has 0 saturated carbocycles. The largest absolute Gasteiger partial charge is 0.491 e. The van der Waals surface area contributed by atoms with Crippen LogP contribution in [0.4, 0.5) is 5.69 Å². The zero-order valence-corrected chi connectivity index (χ0v) is 11.7. The summed E-state index contributed by atoms with van der Waals surface area (Å²) in [4.78, 5) is 11.0. The van der Waals surface area contributed by atoms with Gasteiger partial charge < -0.3 is 15.6 Å². The molecule has 1 unspecified atom stereocenters. The number of anilines is 1. The van der Waals surface area contributed by atoms with E-state index in [4.69, 9.17) is 15.6 Å². The lowest BCUT2D eigenvalue weighted by Crippen LogP contribution is -2.12. The number of ether oxygens (including phenoxy) is 1. The third-order valence-electron chi connectivity index (χ3n) is 3.06. The first-order valence-electron chi connectivity index (χ1n) is 6.84. The van der Waals surface area contributed by atoms with Crippen molar-refractivity contribution in [3.05, 3.63) is 23.8 Å². The first-order valence-corrected chi connectivity index (χ1v) is 6.84. The summed E-state index contributed by atoms with van der Waals surface area (Å²) in [7, 11) is 0. The van der Waals surface area contributed by atoms with E-state index in [-0.39, 0.29) is 17.4 Å². The molecule has 0 aliphatic carbocycles. The molecule has 0 aliphatic rings. The zero-order valence-electron chi connectivity index (χ0n) is 11.7. The second-order valence-corrected chi connectivity index (χ2v) is 4.83. The molecule has 0 spiro atoms. The van der Waals surface area contributed by atoms with E-state index >= 15 is 0 Å². The van der Waals surface area contributed by atoms with E-state index in [1.165, 1.54) is 25.3 Å². The van der Waals surface area contributed by atoms with E-state index in [0.29, 0.717) is 5.75 Å². The van der Waals surface area contributed by atoms with Crippen LogP contribution in [0.3, 0.4) is 0 Å². The highest BCUT2D eigenvalue weighted by Gasteiger charge is 2.11. The molecule has 0 aliphatic heterocycles. The number of rotatable bonds is 8. The monoisotopic (exact) mass is 265 g/mol. The van der Waals surface area contributed by atoms with Crippen molar-refractivity contribution in [2.75, 3.05) is 5.73 Å². The molecule has 106 valence electrons. The molecule has 3 N–H and O–H groups in total. The van der Waals surface area contributed by atoms with Crippen molar-refractivity contribution in [2.45, 2.75) is 52.1 Å². The highest BCUT2D eigenvalue weighted by Crippen LogP contribution is 2.21. The summed E-state index contributed by atoms with van der Waals surface area (Å²) in [6, 6.07) is 4.77. The van der Waals surface area contributed by atoms with Crippen molar-refractivity contribution in [1.29, 1.82) is 0 Å². The van der Waals surface area contributed by atoms with Crippen LogP contribution in [0, 0.1) is 0 Å². The van der Waals surface area contributed by atoms with Crippen molar-refractivity contribution in [3.8, 4) is 5.75 Å². The molecule has 0 bridgehead atoms. The molecule has 1 aromatic rings. The van der Waals surface area contributed by atoms with E-state index in [2.05, 4.69) is 6.92 Å². The van der Waals surface area contributed by atoms with Gasteiger partial charge in [0.1, 0.15) is 5.75 Å². The third-order valence-corrected chi connectivity index (χ3v) is 3.06. The standard InChI is InChI=1S/C15H23NO3/c1-3-4-5-6-7-11(2)19-12-8-9-14(16)13(10-12)15(17)18/h8-11H,3-7,16H2,1-2H3,(H,17,18). The summed E-state index contributed by atoms with van der Waals surface area (Å²) in [6.07, 6.45) is 5.88. The zero-order chi connectivity index (χ0) is 14.3. The Hall–Kier alpha value is -1.71. The van der Waals surface area contributed by atoms with Gasteiger partial charge in [-0.3, -0.25) is 0 Å². The van der Waals surface area contributed by atoms with Gasteiger partial charge in [-0.05, 0) is 38.0 Å². The Kier molecular flexibility index (Phi) is 6.19. The van der Waals surface area contributed by atoms with E-state index in [1.807, 2.05) is 6.92 Å². The van der Waals surface area contributed by atoms with Crippen molar-refractivity contribution < 1.29 is 14.6 Å². The van der Waals surface area contributed by atoms with E-state index in [1.54, 1.807) is 12.1 Å². The number of hydrogen-bond acceptors (Lipinski definition) is 3. The van der Waals surface area contributed by atoms with Crippen LogP contribution in [0.2, 0.25) is 0 Å². The van der Waals surface area contributed by atoms with E-state index in [0.717, 1.165) is 12.8 Å². The summed E-state index contributed by atoms with van der Waals surface area (Å²) >= 11 is 0. The lowest BCUT2D eigenvalue weighted by molar-refractivity contribution is 0.0697. The van der Waals surface area contributed by atoms with Crippen molar-refractivity contribution in [2.24, 2.45) is 0 Å². The molecule has 1 atom stereocenters. The number of unbranched alkanes of at least 4 members (excludes halogenated alkanes) is 3. The average Bonchev–Trinajstić information content (AvgIpc) is 2.36. The third kappa shape index (κ3) is 5.20. The SMILES string of the molecule is CCCCCCC(C)Oc1ccc(N)c(C(=O)O)c1. The van der Waals surface area contributed by atoms with Crippen LogP contribution in [-0.2, 0) is 0 Å². The minimum absolute atomic E-state index is 0.0853. The van der Waals surface area contributed by atoms with Crippen molar-refractivity contribution >= 4 is 11.7 Å². The van der Waals surface area contributed by atoms with Crippen molar-refractivity contribution in [1.82, 2.24) is 0 Å². The second-order valence-electron chi connectivity index (χ2n) is 4.83. The van der Waals surface area contributed by atoms with Crippen LogP contribution in [0.25, 0.3) is 0 Å². The molecular weight excluding hydrogens is 242 g/mol. The maximum absolute atomic E-state index is 11.0. The fraction of sp³-hybridized carbons (Fsp3) is 0.533. The Morgan fingerprint density at radius 2 is 2.11 bits per heavy atom. The quantitative estimate of drug-likeness (QED) is 0.555. The first-order chi connectivity index (χ1) is 9.04. The van der Waals surface area contributed by atoms with Crippen LogP contribution in [0.5, 0.6) is 5.75 Å². The van der Waals surface area contributed by atoms with Crippen LogP contribution in [0.1, 0.15) is 56.3 Å². The number of benzene rings is 1. The molecule has 1 rings (SSSR count). The van der Waals surface area contributed by atoms with E-state index in [9.17, 15) is 4.79 Å². The van der Waals surface area contributed by atoms with Crippen LogP contribution in [0.15, 0.2) is 18.2 Å². The van der Waals surface area contributed by atoms with Gasteiger partial charge in [0.05, 0.1) is 11.7 Å². The maximum Gasteiger partial charge on any atom is 0.337 e. The van der Waals surface area contributed by atoms with Crippen LogP contribution in [-0.4, -0.2) is 17.2 Å². The second kappa shape index (κ2) is 7.67. The van der Waals surface area contributed by atoms with Crippen LogP contribution < -0.4 is 10.5 Å². The molecule has 4 nitrogen and oxygen atoms in total. The van der Waals surface area contributed by atoms with Gasteiger partial charge in [0.2, 0.25) is 0 Å². The molecule has 19 heavy (non-hydrogen) atoms. The number of carbonyl (C=O) groups is 1. The van der Waals surface area contributed by atoms with Gasteiger partial charge in [-0.1, -0.05) is 26.2 Å². The van der Waals surface area contributed by atoms with Gasteiger partial charge in [-0.25, -0.2) is 4.79 Å². The minimum Gasteiger partial charge on any atom is -0.491 e. The summed E-state index contributed by atoms with van der Waals surface area (Å²) in [6.45, 7) is 4.18. The molecular formula is C15H23NO3. The Morgan fingerprint density at radius 1 is 1.37 bits per heavy atom. The van der Waals surface area contributed by atoms with Gasteiger partial charge in [0, 0.05) is 5.69 Å². The Bertz CT molecular complexity index is 418. The summed E-state index contributed by atoms with van der Waals surface area (Å²) in [5.74, 6) is -0.465. The van der Waals surface area contributed by atoms with Gasteiger partial charge in [0.25, 0.3) is 0 Å². The van der Waals surface area contributed by atoms with Gasteiger partial charge in [-0.15, -0.1) is 0 Å². The number of carboxylic acids is 1. The molecule has 0 radical (unpaired) electrons. The molecule has 4 heteroatoms. The molecule has 0 amide bonds. The number of nitrogens with two attached hydrogens (primary N) is 1. The smallest absolute Gasteiger partial charge is 0.337 e. The molecule has 1 aromatic carbocycles. The predicted octanol–water partition coefficient (Wildman–Crippen LogP) is 3.70. The van der Waals surface area contributed by atoms with E-state index < -0.39 is 5.97 Å². The topological polar surface area (TPSA) is 72.5 Å². The van der Waals surface area contributed by atoms with Crippen LogP contribution >= 0.6 is 0 Å². The minimum atomic E-state index is -1.03. The highest BCUT2D eigenvalue weighted by molar-refractivity contribution is 5.94. The number of carboxylic acid groups (broad SMARTS) is 1. The fourth-order valence-electron chi connectivity index (χ4n) is 1.94. The molecule has 0 saturated heterocycles. The molecule has 0 heterocycles. The van der Waals surface area contributed by atoms with Gasteiger partial charge in [-0.2, -0.15) is 0 Å². The Morgan fingerprint density at radius 3 is 2.74 bits per heavy atom. The summed E-state index contributed by atoms with van der Waals surface area (Å²) < 4.78 is 5.72. The normalized spacial score (nSPS) is 12.1. The Labute approximate surface area is 114 Å². The highest BCUT2D eigenvalue weighted by atomic mass is 16.5. The first kappa shape index (κ1) is 15.3. The molecule has 0 fully saturated rings. The predicted molar refractivity (Wildman–Crippen MR) is 76.7 cm³/mol. The number of nitrogen functional groups attached to an aromatic ring is 1. The number of aromatic carboxylic acids is 1.